The molecule has 0 spiro atoms. The van der Waals surface area contributed by atoms with Crippen molar-refractivity contribution in [2.24, 2.45) is 11.8 Å². The quantitative estimate of drug-likeness (QED) is 0.636. The van der Waals surface area contributed by atoms with Gasteiger partial charge in [0.05, 0.1) is 18.7 Å². The Morgan fingerprint density at radius 2 is 2.00 bits per heavy atom. The molecule has 0 bridgehead atoms. The number of piperidine rings is 1. The summed E-state index contributed by atoms with van der Waals surface area (Å²) in [7, 11) is 1.61. The first-order chi connectivity index (χ1) is 15.0. The molecule has 3 atom stereocenters. The zero-order valence-corrected chi connectivity index (χ0v) is 17.5. The Kier molecular flexibility index (Phi) is 4.98. The third-order valence-electron chi connectivity index (χ3n) is 6.51. The molecule has 1 amide bonds. The van der Waals surface area contributed by atoms with Crippen LogP contribution in [0.1, 0.15) is 6.92 Å². The number of benzene rings is 2. The number of anilines is 2. The van der Waals surface area contributed by atoms with Gasteiger partial charge in [0.15, 0.2) is 0 Å². The Bertz CT molecular complexity index is 1130. The van der Waals surface area contributed by atoms with E-state index in [1.54, 1.807) is 19.4 Å². The predicted octanol–water partition coefficient (Wildman–Crippen LogP) is 3.75. The maximum absolute atomic E-state index is 13.7. The van der Waals surface area contributed by atoms with Crippen molar-refractivity contribution in [2.45, 2.75) is 19.0 Å². The van der Waals surface area contributed by atoms with Gasteiger partial charge in [-0.2, -0.15) is 0 Å². The van der Waals surface area contributed by atoms with Crippen molar-refractivity contribution in [1.29, 1.82) is 0 Å². The molecule has 2 N–H and O–H groups in total. The van der Waals surface area contributed by atoms with Gasteiger partial charge in [-0.3, -0.25) is 14.7 Å². The van der Waals surface area contributed by atoms with E-state index in [0.717, 1.165) is 35.4 Å². The lowest BCUT2D eigenvalue weighted by Crippen LogP contribution is -2.43. The number of nitrogens with zero attached hydrogens (tertiary/aromatic N) is 2. The van der Waals surface area contributed by atoms with E-state index in [1.807, 2.05) is 37.3 Å². The van der Waals surface area contributed by atoms with Crippen molar-refractivity contribution in [1.82, 2.24) is 9.88 Å². The fraction of sp³-hybridized carbons (Fsp3) is 0.333. The average molecular weight is 420 g/mol. The number of likely N-dealkylation sites (tertiary alicyclic amines) is 1. The number of halogens is 1. The highest BCUT2D eigenvalue weighted by Crippen LogP contribution is 2.48. The number of carbonyl (C=O) groups is 1. The molecule has 6 nitrogen and oxygen atoms in total. The number of nitrogens with one attached hydrogen (secondary N) is 2. The van der Waals surface area contributed by atoms with Crippen molar-refractivity contribution in [3.05, 3.63) is 60.5 Å². The molecule has 2 heterocycles. The molecule has 31 heavy (non-hydrogen) atoms. The molecule has 1 saturated carbocycles. The van der Waals surface area contributed by atoms with Crippen LogP contribution in [0, 0.1) is 17.7 Å². The number of ether oxygens (including phenoxy) is 1. The maximum Gasteiger partial charge on any atom is 0.241 e. The molecule has 1 aliphatic heterocycles. The molecule has 0 radical (unpaired) electrons. The van der Waals surface area contributed by atoms with Crippen molar-refractivity contribution >= 4 is 28.2 Å². The highest BCUT2D eigenvalue weighted by molar-refractivity contribution is 5.95. The summed E-state index contributed by atoms with van der Waals surface area (Å²) < 4.78 is 18.9. The summed E-state index contributed by atoms with van der Waals surface area (Å²) in [6, 6.07) is 14.1. The van der Waals surface area contributed by atoms with Crippen LogP contribution in [0.5, 0.6) is 5.75 Å². The van der Waals surface area contributed by atoms with E-state index >= 15 is 0 Å². The lowest BCUT2D eigenvalue weighted by Gasteiger charge is -2.26. The van der Waals surface area contributed by atoms with E-state index in [2.05, 4.69) is 20.5 Å². The summed E-state index contributed by atoms with van der Waals surface area (Å²) in [4.78, 5) is 19.3. The monoisotopic (exact) mass is 420 g/mol. The molecule has 2 fully saturated rings. The SMILES string of the molecule is COc1cccc(NC(=O)C(C)N2CC3C(C2)C3Nc2ccnc3ccc(F)cc23)c1. The number of rotatable bonds is 6. The molecule has 160 valence electrons. The first-order valence-corrected chi connectivity index (χ1v) is 10.5. The van der Waals surface area contributed by atoms with Crippen LogP contribution in [0.2, 0.25) is 0 Å². The minimum Gasteiger partial charge on any atom is -0.497 e. The smallest absolute Gasteiger partial charge is 0.241 e. The highest BCUT2D eigenvalue weighted by Gasteiger charge is 2.56. The van der Waals surface area contributed by atoms with E-state index in [9.17, 15) is 9.18 Å². The number of fused-ring (bicyclic) bond motifs is 2. The predicted molar refractivity (Wildman–Crippen MR) is 119 cm³/mol. The summed E-state index contributed by atoms with van der Waals surface area (Å²) in [5.74, 6) is 1.41. The molecule has 1 aliphatic carbocycles. The van der Waals surface area contributed by atoms with Crippen LogP contribution < -0.4 is 15.4 Å². The van der Waals surface area contributed by atoms with Crippen molar-refractivity contribution < 1.29 is 13.9 Å². The molecule has 3 aromatic rings. The number of methoxy groups -OCH3 is 1. The van der Waals surface area contributed by atoms with E-state index in [1.165, 1.54) is 12.1 Å². The standard InChI is InChI=1S/C24H25FN4O2/c1-14(24(30)27-16-4-3-5-17(11-16)31-2)29-12-19-20(13-29)23(19)28-22-8-9-26-21-7-6-15(25)10-18(21)22/h3-11,14,19-20,23H,12-13H2,1-2H3,(H,26,28)(H,27,30). The highest BCUT2D eigenvalue weighted by atomic mass is 19.1. The van der Waals surface area contributed by atoms with Gasteiger partial charge in [0.25, 0.3) is 0 Å². The Hall–Kier alpha value is -3.19. The van der Waals surface area contributed by atoms with Crippen LogP contribution in [0.3, 0.4) is 0 Å². The van der Waals surface area contributed by atoms with Crippen LogP contribution in [-0.4, -0.2) is 48.1 Å². The van der Waals surface area contributed by atoms with Crippen LogP contribution in [0.4, 0.5) is 15.8 Å². The first-order valence-electron chi connectivity index (χ1n) is 10.5. The van der Waals surface area contributed by atoms with Crippen molar-refractivity contribution in [3.63, 3.8) is 0 Å². The van der Waals surface area contributed by atoms with E-state index in [4.69, 9.17) is 4.74 Å². The third-order valence-corrected chi connectivity index (χ3v) is 6.51. The normalized spacial score (nSPS) is 23.3. The molecule has 5 rings (SSSR count). The number of carbonyl (C=O) groups excluding carboxylic acids is 1. The zero-order chi connectivity index (χ0) is 21.5. The lowest BCUT2D eigenvalue weighted by atomic mass is 10.1. The van der Waals surface area contributed by atoms with Crippen molar-refractivity contribution in [2.75, 3.05) is 30.8 Å². The van der Waals surface area contributed by atoms with Crippen molar-refractivity contribution in [3.8, 4) is 5.75 Å². The molecular formula is C24H25FN4O2. The second kappa shape index (κ2) is 7.81. The second-order valence-corrected chi connectivity index (χ2v) is 8.37. The van der Waals surface area contributed by atoms with Gasteiger partial charge in [-0.15, -0.1) is 0 Å². The van der Waals surface area contributed by atoms with Gasteiger partial charge >= 0.3 is 0 Å². The summed E-state index contributed by atoms with van der Waals surface area (Å²) in [6.45, 7) is 3.68. The number of pyridine rings is 1. The number of hydrogen-bond donors (Lipinski definition) is 2. The summed E-state index contributed by atoms with van der Waals surface area (Å²) >= 11 is 0. The lowest BCUT2D eigenvalue weighted by molar-refractivity contribution is -0.120. The molecule has 2 aliphatic rings. The van der Waals surface area contributed by atoms with Gasteiger partial charge in [-0.25, -0.2) is 4.39 Å². The van der Waals surface area contributed by atoms with Gasteiger partial charge in [0, 0.05) is 48.2 Å². The number of hydrogen-bond acceptors (Lipinski definition) is 5. The van der Waals surface area contributed by atoms with Crippen LogP contribution in [0.25, 0.3) is 10.9 Å². The average Bonchev–Trinajstić information content (AvgIpc) is 3.21. The summed E-state index contributed by atoms with van der Waals surface area (Å²) in [5.41, 5.74) is 2.43. The first kappa shape index (κ1) is 19.8. The summed E-state index contributed by atoms with van der Waals surface area (Å²) in [5, 5.41) is 7.36. The van der Waals surface area contributed by atoms with E-state index in [-0.39, 0.29) is 17.8 Å². The minimum atomic E-state index is -0.262. The molecule has 2 aromatic carbocycles. The third kappa shape index (κ3) is 3.81. The van der Waals surface area contributed by atoms with Gasteiger partial charge < -0.3 is 15.4 Å². The van der Waals surface area contributed by atoms with E-state index < -0.39 is 0 Å². The fourth-order valence-corrected chi connectivity index (χ4v) is 4.63. The maximum atomic E-state index is 13.7. The molecule has 1 aromatic heterocycles. The minimum absolute atomic E-state index is 0.0188. The molecule has 1 saturated heterocycles. The van der Waals surface area contributed by atoms with Gasteiger partial charge in [-0.1, -0.05) is 6.07 Å². The molecule has 3 unspecified atom stereocenters. The van der Waals surface area contributed by atoms with E-state index in [0.29, 0.717) is 23.6 Å². The summed E-state index contributed by atoms with van der Waals surface area (Å²) in [6.07, 6.45) is 1.75. The van der Waals surface area contributed by atoms with Crippen LogP contribution in [-0.2, 0) is 4.79 Å². The van der Waals surface area contributed by atoms with Gasteiger partial charge in [0.1, 0.15) is 11.6 Å². The second-order valence-electron chi connectivity index (χ2n) is 8.37. The Morgan fingerprint density at radius 1 is 1.19 bits per heavy atom. The van der Waals surface area contributed by atoms with Gasteiger partial charge in [0.2, 0.25) is 5.91 Å². The largest absolute Gasteiger partial charge is 0.497 e. The fourth-order valence-electron chi connectivity index (χ4n) is 4.63. The topological polar surface area (TPSA) is 66.5 Å². The number of amides is 1. The number of aromatic nitrogens is 1. The molecule has 7 heteroatoms. The van der Waals surface area contributed by atoms with Crippen LogP contribution >= 0.6 is 0 Å². The Labute approximate surface area is 180 Å². The van der Waals surface area contributed by atoms with Gasteiger partial charge in [-0.05, 0) is 55.2 Å². The Balaban J connectivity index is 1.19. The Morgan fingerprint density at radius 3 is 2.77 bits per heavy atom. The van der Waals surface area contributed by atoms with Crippen LogP contribution in [0.15, 0.2) is 54.7 Å². The molecular weight excluding hydrogens is 395 g/mol. The zero-order valence-electron chi connectivity index (χ0n) is 17.5.